The van der Waals surface area contributed by atoms with Crippen molar-refractivity contribution in [2.45, 2.75) is 278 Å². The van der Waals surface area contributed by atoms with E-state index >= 15 is 0 Å². The predicted molar refractivity (Wildman–Crippen MR) is 283 cm³/mol. The monoisotopic (exact) mass is 1120 g/mol. The highest BCUT2D eigenvalue weighted by atomic mass is 16.8. The number of carbonyl (C=O) groups is 3. The van der Waals surface area contributed by atoms with E-state index in [0.29, 0.717) is 19.3 Å². The van der Waals surface area contributed by atoms with Gasteiger partial charge in [-0.15, -0.1) is 0 Å². The molecule has 3 fully saturated rings. The molecular weight excluding hydrogens is 1020 g/mol. The summed E-state index contributed by atoms with van der Waals surface area (Å²) in [4.78, 5) is 38.3. The van der Waals surface area contributed by atoms with Crippen molar-refractivity contribution in [1.82, 2.24) is 10.6 Å². The third-order valence-electron chi connectivity index (χ3n) is 14.7. The summed E-state index contributed by atoms with van der Waals surface area (Å²) in [6, 6.07) is -2.53. The lowest BCUT2D eigenvalue weighted by Gasteiger charge is -2.50. The number of ether oxygens (including phenoxy) is 6. The van der Waals surface area contributed by atoms with Crippen LogP contribution < -0.4 is 10.6 Å². The zero-order valence-corrected chi connectivity index (χ0v) is 46.3. The molecule has 0 spiro atoms. The van der Waals surface area contributed by atoms with Crippen molar-refractivity contribution in [2.24, 2.45) is 0 Å². The summed E-state index contributed by atoms with van der Waals surface area (Å²) in [7, 11) is 0. The van der Waals surface area contributed by atoms with Crippen LogP contribution in [0.2, 0.25) is 0 Å². The number of aliphatic hydroxyl groups is 11. The third-order valence-corrected chi connectivity index (χ3v) is 14.7. The van der Waals surface area contributed by atoms with Gasteiger partial charge in [0.15, 0.2) is 12.6 Å². The Balaban J connectivity index is 1.68. The van der Waals surface area contributed by atoms with E-state index in [0.717, 1.165) is 77.6 Å². The van der Waals surface area contributed by atoms with Gasteiger partial charge in [0.2, 0.25) is 11.8 Å². The number of aliphatic hydroxyl groups excluding tert-OH is 11. The van der Waals surface area contributed by atoms with Gasteiger partial charge in [-0.2, -0.15) is 0 Å². The number of amides is 2. The van der Waals surface area contributed by atoms with E-state index in [2.05, 4.69) is 48.8 Å². The van der Waals surface area contributed by atoms with Crippen LogP contribution in [0.1, 0.15) is 168 Å². The fraction of sp³-hybridized carbons (Fsp3) is 0.873. The summed E-state index contributed by atoms with van der Waals surface area (Å²) >= 11 is 0. The first kappa shape index (κ1) is 69.5. The lowest BCUT2D eigenvalue weighted by atomic mass is 9.88. The number of rotatable bonds is 40. The largest absolute Gasteiger partial charge is 0.477 e. The van der Waals surface area contributed by atoms with Gasteiger partial charge in [0.25, 0.3) is 5.79 Å². The number of carbonyl (C=O) groups excluding carboxylic acids is 2. The molecule has 18 unspecified atom stereocenters. The number of hydrogen-bond donors (Lipinski definition) is 14. The topological polar surface area (TPSA) is 373 Å². The lowest BCUT2D eigenvalue weighted by Crippen LogP contribution is -2.70. The predicted octanol–water partition coefficient (Wildman–Crippen LogP) is 1.38. The van der Waals surface area contributed by atoms with Crippen LogP contribution >= 0.6 is 0 Å². The molecule has 0 bridgehead atoms. The molecule has 0 saturated carbocycles. The fourth-order valence-corrected chi connectivity index (χ4v) is 9.99. The van der Waals surface area contributed by atoms with Gasteiger partial charge in [0.1, 0.15) is 67.1 Å². The summed E-state index contributed by atoms with van der Waals surface area (Å²) in [6.07, 6.45) is 0.945. The maximum Gasteiger partial charge on any atom is 0.364 e. The molecule has 3 aliphatic rings. The average molecular weight is 1120 g/mol. The third kappa shape index (κ3) is 22.9. The van der Waals surface area contributed by atoms with Crippen molar-refractivity contribution in [3.05, 3.63) is 24.3 Å². The second-order valence-corrected chi connectivity index (χ2v) is 21.2. The van der Waals surface area contributed by atoms with Crippen molar-refractivity contribution < 1.29 is 104 Å². The Bertz CT molecular complexity index is 1710. The van der Waals surface area contributed by atoms with Crippen LogP contribution in [-0.4, -0.2) is 215 Å². The number of aliphatic carboxylic acids is 1. The van der Waals surface area contributed by atoms with Crippen molar-refractivity contribution in [2.75, 3.05) is 26.4 Å². The number of allylic oxidation sites excluding steroid dienone is 4. The summed E-state index contributed by atoms with van der Waals surface area (Å²) in [5.41, 5.74) is 0. The molecule has 0 aromatic heterocycles. The second kappa shape index (κ2) is 38.1. The number of nitrogens with one attached hydrogen (secondary N) is 2. The molecule has 14 N–H and O–H groups in total. The molecule has 23 heteroatoms. The molecule has 3 aliphatic heterocycles. The van der Waals surface area contributed by atoms with E-state index < -0.39 is 148 Å². The molecule has 3 rings (SSSR count). The molecule has 0 aliphatic carbocycles. The molecule has 0 radical (unpaired) electrons. The minimum absolute atomic E-state index is 0.209. The van der Waals surface area contributed by atoms with Gasteiger partial charge in [-0.05, 0) is 38.5 Å². The molecule has 454 valence electrons. The standard InChI is InChI=1S/C55H98N2O21/c1-4-6-8-10-12-14-15-16-17-18-19-21-23-25-27-29-42(65)57-36(37(62)28-26-24-22-20-13-11-9-7-5-2)34-73-52-47(69)46(68)49(41(33-60)75-52)76-53-48(70)51(45(67)40(32-59)74-53)78-55(54(71)72)30-38(63)43(56-35(3)61)50(77-55)44(66)39(64)31-58/h12,14-16,36-41,43-53,58-60,62-64,66-70H,4-11,13,17-34H2,1-3H3,(H,56,61)(H,57,65)(H,71,72)/b14-12-,16-15-. The van der Waals surface area contributed by atoms with Crippen LogP contribution in [0.15, 0.2) is 24.3 Å². The highest BCUT2D eigenvalue weighted by Gasteiger charge is 2.60. The van der Waals surface area contributed by atoms with Crippen molar-refractivity contribution >= 4 is 17.8 Å². The zero-order valence-electron chi connectivity index (χ0n) is 46.3. The molecule has 78 heavy (non-hydrogen) atoms. The van der Waals surface area contributed by atoms with Crippen LogP contribution in [0.3, 0.4) is 0 Å². The summed E-state index contributed by atoms with van der Waals surface area (Å²) in [5, 5.41) is 135. The Morgan fingerprint density at radius 1 is 0.667 bits per heavy atom. The Morgan fingerprint density at radius 3 is 1.79 bits per heavy atom. The van der Waals surface area contributed by atoms with Gasteiger partial charge in [-0.3, -0.25) is 9.59 Å². The zero-order chi connectivity index (χ0) is 57.6. The lowest BCUT2D eigenvalue weighted by molar-refractivity contribution is -0.386. The van der Waals surface area contributed by atoms with Gasteiger partial charge >= 0.3 is 5.97 Å². The van der Waals surface area contributed by atoms with E-state index in [1.807, 2.05) is 0 Å². The number of hydrogen-bond acceptors (Lipinski definition) is 20. The minimum Gasteiger partial charge on any atom is -0.477 e. The van der Waals surface area contributed by atoms with Gasteiger partial charge in [0.05, 0.1) is 50.7 Å². The molecule has 0 aromatic rings. The maximum absolute atomic E-state index is 13.3. The first-order valence-corrected chi connectivity index (χ1v) is 28.7. The molecule has 2 amide bonds. The SMILES string of the molecule is CCCCC/C=C\C=C/CCCCCCCCC(=O)NC(COC1OC(CO)C(OC2OC(CO)C(O)C(OC3(C(=O)O)CC(O)C(NC(C)=O)C(C(O)C(O)CO)O3)C2O)C(O)C1O)C(O)CCCCCCCCCCC. The quantitative estimate of drug-likeness (QED) is 0.0304. The van der Waals surface area contributed by atoms with E-state index in [1.165, 1.54) is 44.9 Å². The fourth-order valence-electron chi connectivity index (χ4n) is 9.99. The van der Waals surface area contributed by atoms with Gasteiger partial charge < -0.3 is 100 Å². The van der Waals surface area contributed by atoms with Crippen LogP contribution in [0.25, 0.3) is 0 Å². The second-order valence-electron chi connectivity index (χ2n) is 21.2. The highest BCUT2D eigenvalue weighted by Crippen LogP contribution is 2.38. The molecule has 3 heterocycles. The van der Waals surface area contributed by atoms with Crippen LogP contribution in [0.4, 0.5) is 0 Å². The van der Waals surface area contributed by atoms with Crippen molar-refractivity contribution in [3.63, 3.8) is 0 Å². The molecule has 0 aromatic carbocycles. The van der Waals surface area contributed by atoms with E-state index in [-0.39, 0.29) is 18.9 Å². The van der Waals surface area contributed by atoms with Crippen LogP contribution in [0, 0.1) is 0 Å². The summed E-state index contributed by atoms with van der Waals surface area (Å²) in [6.45, 7) is 2.07. The first-order valence-electron chi connectivity index (χ1n) is 28.7. The Labute approximate surface area is 460 Å². The van der Waals surface area contributed by atoms with E-state index in [9.17, 15) is 75.7 Å². The first-order chi connectivity index (χ1) is 37.4. The van der Waals surface area contributed by atoms with Gasteiger partial charge in [-0.25, -0.2) is 4.79 Å². The molecule has 18 atom stereocenters. The van der Waals surface area contributed by atoms with Gasteiger partial charge in [-0.1, -0.05) is 134 Å². The average Bonchev–Trinajstić information content (AvgIpc) is 3.53. The Morgan fingerprint density at radius 2 is 1.22 bits per heavy atom. The summed E-state index contributed by atoms with van der Waals surface area (Å²) < 4.78 is 34.6. The number of carboxylic acids is 1. The maximum atomic E-state index is 13.3. The highest BCUT2D eigenvalue weighted by molar-refractivity contribution is 5.77. The van der Waals surface area contributed by atoms with Crippen molar-refractivity contribution in [3.8, 4) is 0 Å². The Kier molecular flexibility index (Phi) is 33.9. The van der Waals surface area contributed by atoms with E-state index in [1.54, 1.807) is 0 Å². The van der Waals surface area contributed by atoms with Crippen LogP contribution in [0.5, 0.6) is 0 Å². The Hall–Kier alpha value is -2.79. The summed E-state index contributed by atoms with van der Waals surface area (Å²) in [5.74, 6) is -6.12. The minimum atomic E-state index is -3.08. The van der Waals surface area contributed by atoms with E-state index in [4.69, 9.17) is 28.4 Å². The van der Waals surface area contributed by atoms with Gasteiger partial charge in [0, 0.05) is 19.8 Å². The van der Waals surface area contributed by atoms with Crippen LogP contribution in [-0.2, 0) is 42.8 Å². The molecular formula is C55H98N2O21. The number of unbranched alkanes of at least 4 members (excludes halogenated alkanes) is 17. The number of carboxylic acid groups (broad SMARTS) is 1. The normalized spacial score (nSPS) is 31.3. The molecule has 23 nitrogen and oxygen atoms in total. The molecule has 3 saturated heterocycles. The van der Waals surface area contributed by atoms with Crippen molar-refractivity contribution in [1.29, 1.82) is 0 Å². The smallest absolute Gasteiger partial charge is 0.364 e.